The van der Waals surface area contributed by atoms with Crippen LogP contribution in [0.1, 0.15) is 0 Å². The van der Waals surface area contributed by atoms with Crippen LogP contribution in [-0.4, -0.2) is 0 Å². The molecule has 0 aliphatic carbocycles. The highest BCUT2D eigenvalue weighted by Gasteiger charge is 2.27. The lowest BCUT2D eigenvalue weighted by atomic mass is 9.76. The fraction of sp³-hybridized carbons (Fsp3) is 0. The van der Waals surface area contributed by atoms with Crippen molar-refractivity contribution in [2.45, 2.75) is 0 Å². The van der Waals surface area contributed by atoms with E-state index in [0.717, 1.165) is 0 Å². The zero-order valence-corrected chi connectivity index (χ0v) is 27.5. The molecule has 232 valence electrons. The van der Waals surface area contributed by atoms with Crippen LogP contribution in [0.15, 0.2) is 194 Å². The van der Waals surface area contributed by atoms with Gasteiger partial charge in [-0.3, -0.25) is 0 Å². The van der Waals surface area contributed by atoms with Crippen molar-refractivity contribution in [3.05, 3.63) is 194 Å². The van der Waals surface area contributed by atoms with Crippen LogP contribution in [0.25, 0.3) is 98.4 Å². The Bertz CT molecular complexity index is 2810. The highest BCUT2D eigenvalue weighted by atomic mass is 14.3. The molecule has 0 heterocycles. The highest BCUT2D eigenvalue weighted by Crippen LogP contribution is 2.55. The first-order chi connectivity index (χ1) is 24.8. The summed E-state index contributed by atoms with van der Waals surface area (Å²) in [6, 6.07) is 71.4. The van der Waals surface area contributed by atoms with Crippen molar-refractivity contribution in [2.75, 3.05) is 0 Å². The smallest absolute Gasteiger partial charge is 0.000116 e. The molecule has 0 fully saturated rings. The third kappa shape index (κ3) is 4.39. The molecule has 0 heteroatoms. The summed E-state index contributed by atoms with van der Waals surface area (Å²) >= 11 is 0. The maximum atomic E-state index is 2.43. The Hall–Kier alpha value is -6.50. The van der Waals surface area contributed by atoms with Crippen molar-refractivity contribution in [1.82, 2.24) is 0 Å². The number of benzene rings is 10. The summed E-state index contributed by atoms with van der Waals surface area (Å²) in [7, 11) is 0. The lowest BCUT2D eigenvalue weighted by Gasteiger charge is -2.26. The molecule has 0 aliphatic rings. The minimum atomic E-state index is 1.22. The molecule has 0 saturated heterocycles. The number of rotatable bonds is 4. The molecule has 0 spiro atoms. The van der Waals surface area contributed by atoms with Gasteiger partial charge in [-0.15, -0.1) is 0 Å². The van der Waals surface area contributed by atoms with Gasteiger partial charge in [-0.25, -0.2) is 0 Å². The molecular formula is C50H32. The third-order valence-electron chi connectivity index (χ3n) is 10.4. The molecule has 10 aromatic carbocycles. The largest absolute Gasteiger partial charge is 0.0622 e. The second-order valence-corrected chi connectivity index (χ2v) is 13.2. The summed E-state index contributed by atoms with van der Waals surface area (Å²) < 4.78 is 0. The van der Waals surface area contributed by atoms with Crippen LogP contribution in [0.5, 0.6) is 0 Å². The zero-order chi connectivity index (χ0) is 33.0. The van der Waals surface area contributed by atoms with Gasteiger partial charge in [0.25, 0.3) is 0 Å². The minimum absolute atomic E-state index is 1.22. The minimum Gasteiger partial charge on any atom is -0.0622 e. The molecule has 50 heavy (non-hydrogen) atoms. The topological polar surface area (TPSA) is 0 Å². The molecule has 0 atom stereocenters. The van der Waals surface area contributed by atoms with Crippen LogP contribution in [0, 0.1) is 0 Å². The summed E-state index contributed by atoms with van der Waals surface area (Å²) in [5.74, 6) is 0. The Balaban J connectivity index is 1.63. The zero-order valence-electron chi connectivity index (χ0n) is 27.5. The normalized spacial score (nSPS) is 11.6. The van der Waals surface area contributed by atoms with E-state index in [4.69, 9.17) is 0 Å². The monoisotopic (exact) mass is 632 g/mol. The first-order valence-electron chi connectivity index (χ1n) is 17.4. The molecule has 0 radical (unpaired) electrons. The first kappa shape index (κ1) is 28.5. The summed E-state index contributed by atoms with van der Waals surface area (Å²) in [6.45, 7) is 0. The van der Waals surface area contributed by atoms with E-state index in [0.29, 0.717) is 0 Å². The quantitative estimate of drug-likeness (QED) is 0.134. The SMILES string of the molecule is c1ccc(-c2c3cc4ccccc4cc3c(-c3ccccc3)c3c(-c4ccccc4)c4c(ccc5ccccc54)c(-c4ccccc4)c23)cc1. The number of hydrogen-bond donors (Lipinski definition) is 0. The van der Waals surface area contributed by atoms with Crippen LogP contribution in [0.4, 0.5) is 0 Å². The molecule has 0 unspecified atom stereocenters. The molecular weight excluding hydrogens is 601 g/mol. The summed E-state index contributed by atoms with van der Waals surface area (Å²) in [4.78, 5) is 0. The molecule has 0 amide bonds. The summed E-state index contributed by atoms with van der Waals surface area (Å²) in [5, 5.41) is 12.6. The van der Waals surface area contributed by atoms with Crippen molar-refractivity contribution < 1.29 is 0 Å². The lowest BCUT2D eigenvalue weighted by Crippen LogP contribution is -1.98. The van der Waals surface area contributed by atoms with Crippen molar-refractivity contribution in [2.24, 2.45) is 0 Å². The molecule has 0 nitrogen and oxygen atoms in total. The van der Waals surface area contributed by atoms with E-state index < -0.39 is 0 Å². The van der Waals surface area contributed by atoms with Crippen LogP contribution in [0.3, 0.4) is 0 Å². The maximum Gasteiger partial charge on any atom is -0.000116 e. The van der Waals surface area contributed by atoms with Gasteiger partial charge < -0.3 is 0 Å². The Labute approximate surface area is 291 Å². The van der Waals surface area contributed by atoms with Crippen molar-refractivity contribution in [3.63, 3.8) is 0 Å². The second-order valence-electron chi connectivity index (χ2n) is 13.2. The van der Waals surface area contributed by atoms with Gasteiger partial charge in [-0.05, 0) is 111 Å². The van der Waals surface area contributed by atoms with Crippen LogP contribution < -0.4 is 0 Å². The molecule has 0 aliphatic heterocycles. The molecule has 0 N–H and O–H groups in total. The fourth-order valence-corrected chi connectivity index (χ4v) is 8.29. The van der Waals surface area contributed by atoms with E-state index >= 15 is 0 Å². The van der Waals surface area contributed by atoms with E-state index in [1.165, 1.54) is 98.4 Å². The third-order valence-corrected chi connectivity index (χ3v) is 10.4. The fourth-order valence-electron chi connectivity index (χ4n) is 8.29. The van der Waals surface area contributed by atoms with Crippen LogP contribution >= 0.6 is 0 Å². The Morgan fingerprint density at radius 3 is 1.04 bits per heavy atom. The second kappa shape index (κ2) is 11.6. The molecule has 0 bridgehead atoms. The summed E-state index contributed by atoms with van der Waals surface area (Å²) in [6.07, 6.45) is 0. The standard InChI is InChI=1S/C50H32/c1-5-18-34(19-6-1)44-41-30-29-33-17-15-16-28-40(33)48(41)47(37-24-11-4-12-25-37)50-46(36-22-9-3-10-23-36)43-32-39-27-14-13-26-38(39)31-42(43)45(49(44)50)35-20-7-2-8-21-35/h1-32H. The van der Waals surface area contributed by atoms with Crippen LogP contribution in [0.2, 0.25) is 0 Å². The lowest BCUT2D eigenvalue weighted by molar-refractivity contribution is 1.64. The summed E-state index contributed by atoms with van der Waals surface area (Å²) in [5.41, 5.74) is 9.95. The molecule has 10 rings (SSSR count). The van der Waals surface area contributed by atoms with Crippen molar-refractivity contribution in [1.29, 1.82) is 0 Å². The van der Waals surface area contributed by atoms with E-state index in [1.54, 1.807) is 0 Å². The van der Waals surface area contributed by atoms with E-state index in [9.17, 15) is 0 Å². The molecule has 10 aromatic rings. The van der Waals surface area contributed by atoms with E-state index in [-0.39, 0.29) is 0 Å². The predicted molar refractivity (Wildman–Crippen MR) is 216 cm³/mol. The van der Waals surface area contributed by atoms with Gasteiger partial charge in [-0.1, -0.05) is 182 Å². The van der Waals surface area contributed by atoms with Crippen molar-refractivity contribution in [3.8, 4) is 44.5 Å². The Kier molecular flexibility index (Phi) is 6.60. The van der Waals surface area contributed by atoms with Gasteiger partial charge in [0.1, 0.15) is 0 Å². The predicted octanol–water partition coefficient (Wildman–Crippen LogP) is 14.1. The average Bonchev–Trinajstić information content (AvgIpc) is 3.19. The van der Waals surface area contributed by atoms with Gasteiger partial charge in [0.05, 0.1) is 0 Å². The average molecular weight is 633 g/mol. The van der Waals surface area contributed by atoms with Gasteiger partial charge >= 0.3 is 0 Å². The van der Waals surface area contributed by atoms with E-state index in [2.05, 4.69) is 194 Å². The molecule has 0 saturated carbocycles. The van der Waals surface area contributed by atoms with Gasteiger partial charge in [0.15, 0.2) is 0 Å². The first-order valence-corrected chi connectivity index (χ1v) is 17.4. The number of hydrogen-bond acceptors (Lipinski definition) is 0. The van der Waals surface area contributed by atoms with Gasteiger partial charge in [-0.2, -0.15) is 0 Å². The number of fused-ring (bicyclic) bond motifs is 6. The van der Waals surface area contributed by atoms with E-state index in [1.807, 2.05) is 0 Å². The van der Waals surface area contributed by atoms with Crippen LogP contribution in [-0.2, 0) is 0 Å². The highest BCUT2D eigenvalue weighted by molar-refractivity contribution is 6.37. The Morgan fingerprint density at radius 1 is 0.200 bits per heavy atom. The van der Waals surface area contributed by atoms with Crippen molar-refractivity contribution >= 4 is 53.9 Å². The molecule has 0 aromatic heterocycles. The van der Waals surface area contributed by atoms with Gasteiger partial charge in [0, 0.05) is 0 Å². The van der Waals surface area contributed by atoms with Gasteiger partial charge in [0.2, 0.25) is 0 Å². The maximum absolute atomic E-state index is 2.43. The Morgan fingerprint density at radius 2 is 0.560 bits per heavy atom.